The topological polar surface area (TPSA) is 184 Å². The molecule has 3 aromatic rings. The molecule has 2 amide bonds. The van der Waals surface area contributed by atoms with Crippen LogP contribution in [0.15, 0.2) is 42.6 Å². The van der Waals surface area contributed by atoms with E-state index in [-0.39, 0.29) is 25.3 Å². The first-order chi connectivity index (χ1) is 26.0. The number of ether oxygens (including phenoxy) is 5. The molecule has 15 nitrogen and oxygen atoms in total. The molecule has 0 radical (unpaired) electrons. The van der Waals surface area contributed by atoms with Crippen molar-refractivity contribution in [1.82, 2.24) is 25.4 Å². The van der Waals surface area contributed by atoms with E-state index in [0.717, 1.165) is 30.1 Å². The number of pyridine rings is 1. The monoisotopic (exact) mass is 754 g/mol. The molecular formula is C39H58N6O9. The third kappa shape index (κ3) is 17.1. The molecule has 0 saturated carbocycles. The summed E-state index contributed by atoms with van der Waals surface area (Å²) in [5.41, 5.74) is 3.77. The molecule has 0 spiro atoms. The second-order valence-corrected chi connectivity index (χ2v) is 13.2. The molecule has 0 unspecified atom stereocenters. The van der Waals surface area contributed by atoms with Gasteiger partial charge in [-0.15, -0.1) is 0 Å². The number of nitrogens with one attached hydrogen (secondary N) is 3. The molecular weight excluding hydrogens is 696 g/mol. The zero-order chi connectivity index (χ0) is 39.1. The highest BCUT2D eigenvalue weighted by atomic mass is 16.6. The molecule has 0 fully saturated rings. The first kappa shape index (κ1) is 43.8. The average molecular weight is 755 g/mol. The van der Waals surface area contributed by atoms with E-state index in [9.17, 15) is 19.5 Å². The van der Waals surface area contributed by atoms with E-state index in [0.29, 0.717) is 94.4 Å². The molecule has 2 heterocycles. The van der Waals surface area contributed by atoms with Crippen LogP contribution >= 0.6 is 0 Å². The number of nitrogens with zero attached hydrogens (tertiary/aromatic N) is 3. The number of aromatic nitrogens is 3. The number of hydrogen-bond acceptors (Lipinski definition) is 11. The number of carboxylic acid groups (broad SMARTS) is 1. The van der Waals surface area contributed by atoms with E-state index < -0.39 is 17.9 Å². The minimum Gasteiger partial charge on any atom is -0.487 e. The molecule has 1 aromatic carbocycles. The summed E-state index contributed by atoms with van der Waals surface area (Å²) in [6.07, 6.45) is 3.18. The number of carboxylic acids is 1. The summed E-state index contributed by atoms with van der Waals surface area (Å²) in [7, 11) is 0. The van der Waals surface area contributed by atoms with Gasteiger partial charge in [0.2, 0.25) is 11.8 Å². The third-order valence-corrected chi connectivity index (χ3v) is 8.13. The lowest BCUT2D eigenvalue weighted by atomic mass is 10.0. The van der Waals surface area contributed by atoms with Gasteiger partial charge in [0, 0.05) is 25.8 Å². The minimum atomic E-state index is -1.08. The molecule has 3 rings (SSSR count). The average Bonchev–Trinajstić information content (AvgIpc) is 3.42. The fourth-order valence-corrected chi connectivity index (χ4v) is 5.28. The van der Waals surface area contributed by atoms with Gasteiger partial charge < -0.3 is 44.7 Å². The van der Waals surface area contributed by atoms with Crippen molar-refractivity contribution in [1.29, 1.82) is 0 Å². The summed E-state index contributed by atoms with van der Waals surface area (Å²) in [4.78, 5) is 41.1. The van der Waals surface area contributed by atoms with Crippen molar-refractivity contribution in [3.8, 4) is 11.4 Å². The standard InChI is InChI=1S/C39H58N6O9/c1-28(2)12-15-50-16-17-51-18-19-52-20-21-53-22-23-54-39-30(4)44-45(31(39)5)33-9-6-8-32(25-33)34(26-38(48)49)43-37(47)27-42-36(46)10-7-13-40-35-24-29(3)11-14-41-35/h6,8-9,11,14,24-25,28,34H,7,10,12-13,15-23,26-27H2,1-5H3,(H,40,41)(H,42,46)(H,43,47)(H,48,49)/t34-/m0/s1. The Morgan fingerprint density at radius 2 is 1.52 bits per heavy atom. The molecule has 4 N–H and O–H groups in total. The number of rotatable bonds is 28. The highest BCUT2D eigenvalue weighted by Crippen LogP contribution is 2.27. The van der Waals surface area contributed by atoms with Crippen LogP contribution in [0.2, 0.25) is 0 Å². The first-order valence-electron chi connectivity index (χ1n) is 18.6. The predicted octanol–water partition coefficient (Wildman–Crippen LogP) is 4.32. The van der Waals surface area contributed by atoms with Crippen LogP contribution < -0.4 is 20.7 Å². The number of carbonyl (C=O) groups excluding carboxylic acids is 2. The normalized spacial score (nSPS) is 11.7. The lowest BCUT2D eigenvalue weighted by molar-refractivity contribution is -0.138. The Morgan fingerprint density at radius 1 is 0.852 bits per heavy atom. The molecule has 0 aliphatic heterocycles. The van der Waals surface area contributed by atoms with Crippen LogP contribution in [0, 0.1) is 26.7 Å². The SMILES string of the molecule is Cc1ccnc(NCCCC(=O)NCC(=O)N[C@@H](CC(=O)O)c2cccc(-n3nc(C)c(OCCOCCOCCOCCOCCC(C)C)c3C)c2)c1. The van der Waals surface area contributed by atoms with Gasteiger partial charge in [-0.1, -0.05) is 26.0 Å². The molecule has 54 heavy (non-hydrogen) atoms. The van der Waals surface area contributed by atoms with E-state index >= 15 is 0 Å². The van der Waals surface area contributed by atoms with E-state index in [2.05, 4.69) is 39.9 Å². The van der Waals surface area contributed by atoms with Crippen LogP contribution in [0.5, 0.6) is 5.75 Å². The second kappa shape index (κ2) is 24.7. The number of benzene rings is 1. The van der Waals surface area contributed by atoms with Crippen LogP contribution in [-0.4, -0.2) is 110 Å². The second-order valence-electron chi connectivity index (χ2n) is 13.2. The first-order valence-corrected chi connectivity index (χ1v) is 18.6. The van der Waals surface area contributed by atoms with Crippen LogP contribution in [0.4, 0.5) is 5.82 Å². The van der Waals surface area contributed by atoms with Gasteiger partial charge in [0.1, 0.15) is 18.1 Å². The van der Waals surface area contributed by atoms with Crippen LogP contribution in [0.1, 0.15) is 68.1 Å². The molecule has 15 heteroatoms. The quantitative estimate of drug-likeness (QED) is 0.0772. The Morgan fingerprint density at radius 3 is 2.17 bits per heavy atom. The van der Waals surface area contributed by atoms with Crippen LogP contribution in [-0.2, 0) is 33.3 Å². The maximum absolute atomic E-state index is 12.8. The Kier molecular flexibility index (Phi) is 20.0. The molecule has 0 aliphatic carbocycles. The Labute approximate surface area is 318 Å². The van der Waals surface area contributed by atoms with Gasteiger partial charge in [-0.3, -0.25) is 14.4 Å². The highest BCUT2D eigenvalue weighted by molar-refractivity contribution is 5.85. The van der Waals surface area contributed by atoms with Gasteiger partial charge >= 0.3 is 5.97 Å². The molecule has 298 valence electrons. The van der Waals surface area contributed by atoms with Gasteiger partial charge in [0.25, 0.3) is 0 Å². The third-order valence-electron chi connectivity index (χ3n) is 8.13. The Hall–Kier alpha value is -4.57. The lowest BCUT2D eigenvalue weighted by Gasteiger charge is -2.19. The smallest absolute Gasteiger partial charge is 0.305 e. The molecule has 2 aromatic heterocycles. The molecule has 1 atom stereocenters. The number of aliphatic carboxylic acids is 1. The fourth-order valence-electron chi connectivity index (χ4n) is 5.28. The van der Waals surface area contributed by atoms with Crippen molar-refractivity contribution in [2.24, 2.45) is 5.92 Å². The van der Waals surface area contributed by atoms with Gasteiger partial charge in [-0.25, -0.2) is 9.67 Å². The van der Waals surface area contributed by atoms with Crippen LogP contribution in [0.3, 0.4) is 0 Å². The maximum atomic E-state index is 12.8. The molecule has 0 aliphatic rings. The number of hydrogen-bond donors (Lipinski definition) is 4. The van der Waals surface area contributed by atoms with Crippen molar-refractivity contribution in [2.45, 2.75) is 66.3 Å². The number of anilines is 1. The van der Waals surface area contributed by atoms with Crippen molar-refractivity contribution in [3.05, 3.63) is 65.1 Å². The highest BCUT2D eigenvalue weighted by Gasteiger charge is 2.21. The van der Waals surface area contributed by atoms with Crippen molar-refractivity contribution in [3.63, 3.8) is 0 Å². The van der Waals surface area contributed by atoms with Crippen LogP contribution in [0.25, 0.3) is 5.69 Å². The van der Waals surface area contributed by atoms with Gasteiger partial charge in [0.15, 0.2) is 5.75 Å². The molecule has 0 bridgehead atoms. The van der Waals surface area contributed by atoms with Crippen molar-refractivity contribution >= 4 is 23.6 Å². The van der Waals surface area contributed by atoms with Gasteiger partial charge in [-0.05, 0) is 74.9 Å². The van der Waals surface area contributed by atoms with E-state index in [4.69, 9.17) is 23.7 Å². The summed E-state index contributed by atoms with van der Waals surface area (Å²) in [6, 6.07) is 10.1. The predicted molar refractivity (Wildman–Crippen MR) is 204 cm³/mol. The van der Waals surface area contributed by atoms with E-state index in [1.165, 1.54) is 0 Å². The fraction of sp³-hybridized carbons (Fsp3) is 0.564. The summed E-state index contributed by atoms with van der Waals surface area (Å²) in [6.45, 7) is 14.8. The summed E-state index contributed by atoms with van der Waals surface area (Å²) < 4.78 is 29.9. The summed E-state index contributed by atoms with van der Waals surface area (Å²) in [5.74, 6) is 0.135. The number of amides is 2. The maximum Gasteiger partial charge on any atom is 0.305 e. The van der Waals surface area contributed by atoms with Crippen molar-refractivity contribution < 1.29 is 43.2 Å². The lowest BCUT2D eigenvalue weighted by Crippen LogP contribution is -2.39. The summed E-state index contributed by atoms with van der Waals surface area (Å²) in [5, 5.41) is 22.8. The Balaban J connectivity index is 1.40. The number of aryl methyl sites for hydroxylation is 2. The van der Waals surface area contributed by atoms with Gasteiger partial charge in [-0.2, -0.15) is 5.10 Å². The largest absolute Gasteiger partial charge is 0.487 e. The zero-order valence-electron chi connectivity index (χ0n) is 32.4. The summed E-state index contributed by atoms with van der Waals surface area (Å²) >= 11 is 0. The minimum absolute atomic E-state index is 0.218. The zero-order valence-corrected chi connectivity index (χ0v) is 32.4. The van der Waals surface area contributed by atoms with E-state index in [1.54, 1.807) is 29.1 Å². The Bertz CT molecular complexity index is 1580. The molecule has 0 saturated heterocycles. The van der Waals surface area contributed by atoms with E-state index in [1.807, 2.05) is 39.0 Å². The number of carbonyl (C=O) groups is 3. The van der Waals surface area contributed by atoms with Crippen molar-refractivity contribution in [2.75, 3.05) is 77.9 Å². The van der Waals surface area contributed by atoms with Gasteiger partial charge in [0.05, 0.1) is 76.6 Å².